The summed E-state index contributed by atoms with van der Waals surface area (Å²) in [5.41, 5.74) is 0.541. The molecule has 6 nitrogen and oxygen atoms in total. The van der Waals surface area contributed by atoms with Gasteiger partial charge in [-0.2, -0.15) is 0 Å². The fraction of sp³-hybridized carbons (Fsp3) is 0.579. The first-order valence-corrected chi connectivity index (χ1v) is 9.04. The second-order valence-corrected chi connectivity index (χ2v) is 7.17. The Balaban J connectivity index is 0.00000392. The first-order chi connectivity index (χ1) is 12.7. The summed E-state index contributed by atoms with van der Waals surface area (Å²) < 4.78 is 26.5. The summed E-state index contributed by atoms with van der Waals surface area (Å²) in [7, 11) is 3.46. The van der Waals surface area contributed by atoms with Gasteiger partial charge in [0.2, 0.25) is 5.91 Å². The number of carbonyl (C=O) groups excluding carboxylic acids is 1. The molecule has 0 spiro atoms. The molecule has 2 rings (SSSR count). The van der Waals surface area contributed by atoms with Gasteiger partial charge in [-0.05, 0) is 44.5 Å². The molecule has 1 heterocycles. The van der Waals surface area contributed by atoms with Gasteiger partial charge in [0.25, 0.3) is 0 Å². The van der Waals surface area contributed by atoms with Crippen molar-refractivity contribution >= 4 is 24.3 Å². The number of rotatable bonds is 7. The van der Waals surface area contributed by atoms with Crippen LogP contribution in [-0.4, -0.2) is 78.0 Å². The average Bonchev–Trinajstić information content (AvgIpc) is 2.62. The van der Waals surface area contributed by atoms with E-state index in [0.29, 0.717) is 18.7 Å². The normalized spacial score (nSPS) is 16.5. The van der Waals surface area contributed by atoms with Crippen molar-refractivity contribution in [3.05, 3.63) is 35.4 Å². The first-order valence-electron chi connectivity index (χ1n) is 9.04. The third kappa shape index (κ3) is 6.39. The Hall–Kier alpha value is -1.77. The molecule has 1 atom stereocenters. The van der Waals surface area contributed by atoms with Gasteiger partial charge in [0.1, 0.15) is 0 Å². The molecule has 0 bridgehead atoms. The van der Waals surface area contributed by atoms with Gasteiger partial charge in [0.15, 0.2) is 11.6 Å². The lowest BCUT2D eigenvalue weighted by Gasteiger charge is -2.36. The van der Waals surface area contributed by atoms with E-state index in [4.69, 9.17) is 5.11 Å². The summed E-state index contributed by atoms with van der Waals surface area (Å²) in [6.07, 6.45) is 1.61. The van der Waals surface area contributed by atoms with Crippen LogP contribution in [0.4, 0.5) is 8.78 Å². The number of carboxylic acid groups (broad SMARTS) is 1. The zero-order valence-corrected chi connectivity index (χ0v) is 17.2. The SMILES string of the molecule is CC(c1ccc(F)c(F)c1)N(C)C(=O)CN1CCC(N(C)CC(=O)O)CC1.Cl. The minimum Gasteiger partial charge on any atom is -0.480 e. The zero-order valence-electron chi connectivity index (χ0n) is 16.4. The van der Waals surface area contributed by atoms with Crippen LogP contribution in [-0.2, 0) is 9.59 Å². The van der Waals surface area contributed by atoms with Crippen molar-refractivity contribution in [1.29, 1.82) is 0 Å². The fourth-order valence-corrected chi connectivity index (χ4v) is 3.38. The van der Waals surface area contributed by atoms with E-state index in [1.165, 1.54) is 11.0 Å². The highest BCUT2D eigenvalue weighted by Gasteiger charge is 2.26. The Morgan fingerprint density at radius 1 is 1.21 bits per heavy atom. The number of carboxylic acids is 1. The molecule has 1 saturated heterocycles. The van der Waals surface area contributed by atoms with Gasteiger partial charge in [-0.3, -0.25) is 19.4 Å². The zero-order chi connectivity index (χ0) is 20.1. The van der Waals surface area contributed by atoms with Gasteiger partial charge in [0.05, 0.1) is 19.1 Å². The van der Waals surface area contributed by atoms with Crippen LogP contribution in [0.25, 0.3) is 0 Å². The van der Waals surface area contributed by atoms with Crippen molar-refractivity contribution < 1.29 is 23.5 Å². The maximum absolute atomic E-state index is 13.4. The van der Waals surface area contributed by atoms with Crippen molar-refractivity contribution in [2.45, 2.75) is 31.8 Å². The van der Waals surface area contributed by atoms with E-state index in [9.17, 15) is 18.4 Å². The van der Waals surface area contributed by atoms with Crippen LogP contribution >= 0.6 is 12.4 Å². The third-order valence-corrected chi connectivity index (χ3v) is 5.32. The molecule has 28 heavy (non-hydrogen) atoms. The number of hydrogen-bond donors (Lipinski definition) is 1. The molecule has 0 radical (unpaired) electrons. The topological polar surface area (TPSA) is 64.1 Å². The second kappa shape index (κ2) is 10.7. The van der Waals surface area contributed by atoms with Crippen LogP contribution < -0.4 is 0 Å². The molecular formula is C19H28ClF2N3O3. The predicted molar refractivity (Wildman–Crippen MR) is 105 cm³/mol. The summed E-state index contributed by atoms with van der Waals surface area (Å²) in [6, 6.07) is 3.50. The number of benzene rings is 1. The minimum atomic E-state index is -0.923. The number of likely N-dealkylation sites (tertiary alicyclic amines) is 1. The largest absolute Gasteiger partial charge is 0.480 e. The predicted octanol–water partition coefficient (Wildman–Crippen LogP) is 2.39. The summed E-state index contributed by atoms with van der Waals surface area (Å²) >= 11 is 0. The number of aliphatic carboxylic acids is 1. The molecule has 9 heteroatoms. The molecule has 1 N–H and O–H groups in total. The van der Waals surface area contributed by atoms with E-state index in [-0.39, 0.29) is 43.5 Å². The van der Waals surface area contributed by atoms with Crippen molar-refractivity contribution in [3.63, 3.8) is 0 Å². The van der Waals surface area contributed by atoms with Crippen LogP contribution in [0.2, 0.25) is 0 Å². The lowest BCUT2D eigenvalue weighted by Crippen LogP contribution is -2.47. The summed E-state index contributed by atoms with van der Waals surface area (Å²) in [4.78, 5) is 28.8. The number of hydrogen-bond acceptors (Lipinski definition) is 4. The second-order valence-electron chi connectivity index (χ2n) is 7.17. The number of likely N-dealkylation sites (N-methyl/N-ethyl adjacent to an activating group) is 2. The van der Waals surface area contributed by atoms with Crippen LogP contribution in [0, 0.1) is 11.6 Å². The molecule has 158 valence electrons. The molecule has 0 saturated carbocycles. The maximum Gasteiger partial charge on any atom is 0.317 e. The van der Waals surface area contributed by atoms with Gasteiger partial charge in [-0.1, -0.05) is 6.07 Å². The number of amides is 1. The molecule has 0 aromatic heterocycles. The molecule has 1 amide bonds. The van der Waals surface area contributed by atoms with Gasteiger partial charge in [-0.15, -0.1) is 12.4 Å². The van der Waals surface area contributed by atoms with Crippen molar-refractivity contribution in [2.75, 3.05) is 40.3 Å². The van der Waals surface area contributed by atoms with E-state index in [1.54, 1.807) is 21.0 Å². The highest BCUT2D eigenvalue weighted by Crippen LogP contribution is 2.22. The molecule has 1 aromatic rings. The van der Waals surface area contributed by atoms with Crippen molar-refractivity contribution in [3.8, 4) is 0 Å². The van der Waals surface area contributed by atoms with Gasteiger partial charge < -0.3 is 10.0 Å². The third-order valence-electron chi connectivity index (χ3n) is 5.32. The number of halogens is 3. The highest BCUT2D eigenvalue weighted by atomic mass is 35.5. The Morgan fingerprint density at radius 2 is 1.82 bits per heavy atom. The molecular weight excluding hydrogens is 392 g/mol. The summed E-state index contributed by atoms with van der Waals surface area (Å²) in [5, 5.41) is 8.88. The first kappa shape index (κ1) is 24.3. The Morgan fingerprint density at radius 3 is 2.36 bits per heavy atom. The molecule has 1 unspecified atom stereocenters. The smallest absolute Gasteiger partial charge is 0.317 e. The number of nitrogens with zero attached hydrogens (tertiary/aromatic N) is 3. The molecule has 1 aromatic carbocycles. The molecule has 1 fully saturated rings. The van der Waals surface area contributed by atoms with E-state index in [1.807, 2.05) is 9.80 Å². The van der Waals surface area contributed by atoms with Gasteiger partial charge >= 0.3 is 5.97 Å². The minimum absolute atomic E-state index is 0. The standard InChI is InChI=1S/C19H27F2N3O3.ClH/c1-13(14-4-5-16(20)17(21)10-14)23(3)18(25)11-24-8-6-15(7-9-24)22(2)12-19(26)27;/h4-5,10,13,15H,6-9,11-12H2,1-3H3,(H,26,27);1H. The van der Waals surface area contributed by atoms with Crippen LogP contribution in [0.1, 0.15) is 31.4 Å². The van der Waals surface area contributed by atoms with E-state index < -0.39 is 17.6 Å². The lowest BCUT2D eigenvalue weighted by atomic mass is 10.0. The summed E-state index contributed by atoms with van der Waals surface area (Å²) in [5.74, 6) is -2.77. The average molecular weight is 420 g/mol. The highest BCUT2D eigenvalue weighted by molar-refractivity contribution is 5.85. The van der Waals surface area contributed by atoms with Crippen LogP contribution in [0.5, 0.6) is 0 Å². The summed E-state index contributed by atoms with van der Waals surface area (Å²) in [6.45, 7) is 3.47. The fourth-order valence-electron chi connectivity index (χ4n) is 3.38. The quantitative estimate of drug-likeness (QED) is 0.735. The number of piperidine rings is 1. The molecule has 1 aliphatic rings. The van der Waals surface area contributed by atoms with Crippen molar-refractivity contribution in [2.24, 2.45) is 0 Å². The Bertz CT molecular complexity index is 684. The van der Waals surface area contributed by atoms with Gasteiger partial charge in [0, 0.05) is 26.2 Å². The van der Waals surface area contributed by atoms with E-state index in [2.05, 4.69) is 0 Å². The molecule has 1 aliphatic heterocycles. The lowest BCUT2D eigenvalue weighted by molar-refractivity contribution is -0.138. The Labute approximate surface area is 170 Å². The Kier molecular flexibility index (Phi) is 9.26. The molecule has 0 aliphatic carbocycles. The number of carbonyl (C=O) groups is 2. The maximum atomic E-state index is 13.4. The van der Waals surface area contributed by atoms with E-state index in [0.717, 1.165) is 25.0 Å². The van der Waals surface area contributed by atoms with Gasteiger partial charge in [-0.25, -0.2) is 8.78 Å². The van der Waals surface area contributed by atoms with Crippen LogP contribution in [0.3, 0.4) is 0 Å². The van der Waals surface area contributed by atoms with Crippen molar-refractivity contribution in [1.82, 2.24) is 14.7 Å². The van der Waals surface area contributed by atoms with Crippen LogP contribution in [0.15, 0.2) is 18.2 Å². The monoisotopic (exact) mass is 419 g/mol. The van der Waals surface area contributed by atoms with E-state index >= 15 is 0 Å².